The third-order valence-electron chi connectivity index (χ3n) is 3.18. The summed E-state index contributed by atoms with van der Waals surface area (Å²) in [6.45, 7) is -7.06. The van der Waals surface area contributed by atoms with Gasteiger partial charge < -0.3 is 14.2 Å². The zero-order valence-electron chi connectivity index (χ0n) is 15.2. The molecule has 0 saturated heterocycles. The Kier molecular flexibility index (Phi) is 7.51. The fourth-order valence-electron chi connectivity index (χ4n) is 2.11. The van der Waals surface area contributed by atoms with Gasteiger partial charge in [-0.3, -0.25) is 5.32 Å². The van der Waals surface area contributed by atoms with Gasteiger partial charge in [-0.25, -0.2) is 32.7 Å². The Labute approximate surface area is 171 Å². The molecule has 0 spiro atoms. The number of carbonyl (C=O) groups excluding carboxylic acids is 2. The second-order valence-corrected chi connectivity index (χ2v) is 6.83. The molecule has 0 aliphatic rings. The van der Waals surface area contributed by atoms with Gasteiger partial charge in [0.2, 0.25) is 5.95 Å². The highest BCUT2D eigenvalue weighted by Crippen LogP contribution is 2.34. The molecule has 2 aromatic rings. The maximum absolute atomic E-state index is 12.7. The highest BCUT2D eigenvalue weighted by molar-refractivity contribution is 7.90. The van der Waals surface area contributed by atoms with E-state index < -0.39 is 57.2 Å². The molecule has 1 heterocycles. The van der Waals surface area contributed by atoms with Crippen LogP contribution in [0.1, 0.15) is 10.4 Å². The van der Waals surface area contributed by atoms with Crippen LogP contribution in [0.4, 0.5) is 28.3 Å². The summed E-state index contributed by atoms with van der Waals surface area (Å²) in [5.74, 6) is -3.89. The molecule has 16 heteroatoms. The number of amides is 2. The summed E-state index contributed by atoms with van der Waals surface area (Å²) in [5.41, 5.74) is -1.10. The lowest BCUT2D eigenvalue weighted by molar-refractivity contribution is -0.0549. The summed E-state index contributed by atoms with van der Waals surface area (Å²) in [7, 11) is -4.26. The number of hydrogen-bond donors (Lipinski definition) is 2. The Hall–Kier alpha value is -3.69. The number of ether oxygens (including phenoxy) is 3. The van der Waals surface area contributed by atoms with Crippen LogP contribution >= 0.6 is 0 Å². The van der Waals surface area contributed by atoms with Crippen molar-refractivity contribution in [2.75, 3.05) is 12.4 Å². The van der Waals surface area contributed by atoms with Gasteiger partial charge in [0.05, 0.1) is 7.11 Å². The summed E-state index contributed by atoms with van der Waals surface area (Å²) < 4.78 is 89.8. The largest absolute Gasteiger partial charge is 0.465 e. The van der Waals surface area contributed by atoms with Crippen molar-refractivity contribution in [2.45, 2.75) is 18.1 Å². The van der Waals surface area contributed by atoms with Gasteiger partial charge in [0.1, 0.15) is 22.0 Å². The van der Waals surface area contributed by atoms with E-state index >= 15 is 0 Å². The molecular formula is C15H12F4N4O7S. The number of carbonyl (C=O) groups is 2. The number of halogens is 4. The van der Waals surface area contributed by atoms with Gasteiger partial charge >= 0.3 is 25.2 Å². The number of urea groups is 1. The molecule has 0 aliphatic carbocycles. The minimum atomic E-state index is -5.05. The van der Waals surface area contributed by atoms with Gasteiger partial charge in [-0.2, -0.15) is 17.6 Å². The minimum absolute atomic E-state index is 0.306. The number of rotatable bonds is 8. The molecule has 0 saturated carbocycles. The highest BCUT2D eigenvalue weighted by Gasteiger charge is 2.31. The van der Waals surface area contributed by atoms with Gasteiger partial charge in [-0.15, -0.1) is 0 Å². The monoisotopic (exact) mass is 468 g/mol. The molecule has 2 rings (SSSR count). The summed E-state index contributed by atoms with van der Waals surface area (Å²) in [6.07, 6.45) is 2.46. The maximum atomic E-state index is 12.7. The number of aromatic nitrogens is 2. The fraction of sp³-hybridized carbons (Fsp3) is 0.200. The Morgan fingerprint density at radius 1 is 1.03 bits per heavy atom. The van der Waals surface area contributed by atoms with Crippen LogP contribution in [-0.4, -0.2) is 50.7 Å². The number of alkyl halides is 4. The van der Waals surface area contributed by atoms with Gasteiger partial charge in [-0.05, 0) is 6.07 Å². The smallest absolute Gasteiger partial charge is 0.387 e. The number of hydrogen-bond acceptors (Lipinski definition) is 9. The molecule has 0 atom stereocenters. The van der Waals surface area contributed by atoms with E-state index in [-0.39, 0.29) is 5.95 Å². The van der Waals surface area contributed by atoms with Crippen molar-refractivity contribution < 1.29 is 49.8 Å². The van der Waals surface area contributed by atoms with Crippen LogP contribution in [0.15, 0.2) is 35.5 Å². The molecule has 31 heavy (non-hydrogen) atoms. The summed E-state index contributed by atoms with van der Waals surface area (Å²) in [6, 6.07) is 0.812. The topological polar surface area (TPSA) is 146 Å². The van der Waals surface area contributed by atoms with Crippen molar-refractivity contribution in [1.82, 2.24) is 14.7 Å². The van der Waals surface area contributed by atoms with Crippen molar-refractivity contribution in [2.24, 2.45) is 0 Å². The van der Waals surface area contributed by atoms with Gasteiger partial charge in [0.15, 0.2) is 0 Å². The quantitative estimate of drug-likeness (QED) is 0.439. The van der Waals surface area contributed by atoms with E-state index in [9.17, 15) is 35.6 Å². The van der Waals surface area contributed by atoms with Crippen molar-refractivity contribution in [1.29, 1.82) is 0 Å². The minimum Gasteiger partial charge on any atom is -0.465 e. The maximum Gasteiger partial charge on any atom is 0.387 e. The number of benzene rings is 1. The SMILES string of the molecule is COC(=O)c1c(OC(F)F)cc(OC(F)F)cc1S(=O)(=O)NC(=O)Nc1ncccn1. The Morgan fingerprint density at radius 2 is 1.65 bits per heavy atom. The van der Waals surface area contributed by atoms with E-state index in [1.165, 1.54) is 23.2 Å². The predicted molar refractivity (Wildman–Crippen MR) is 92.4 cm³/mol. The highest BCUT2D eigenvalue weighted by atomic mass is 32.2. The summed E-state index contributed by atoms with van der Waals surface area (Å²) >= 11 is 0. The normalized spacial score (nSPS) is 11.2. The van der Waals surface area contributed by atoms with Gasteiger partial charge in [0.25, 0.3) is 10.0 Å². The lowest BCUT2D eigenvalue weighted by Crippen LogP contribution is -2.35. The van der Waals surface area contributed by atoms with Gasteiger partial charge in [-0.1, -0.05) is 0 Å². The first-order valence-corrected chi connectivity index (χ1v) is 9.28. The third kappa shape index (κ3) is 6.39. The molecule has 0 unspecified atom stereocenters. The van der Waals surface area contributed by atoms with E-state index in [2.05, 4.69) is 24.2 Å². The second-order valence-electron chi connectivity index (χ2n) is 5.18. The van der Waals surface area contributed by atoms with Crippen LogP contribution in [0.3, 0.4) is 0 Å². The zero-order valence-corrected chi connectivity index (χ0v) is 16.0. The molecule has 1 aromatic carbocycles. The fourth-order valence-corrected chi connectivity index (χ4v) is 3.24. The van der Waals surface area contributed by atoms with E-state index in [0.717, 1.165) is 7.11 Å². The number of esters is 1. The lowest BCUT2D eigenvalue weighted by Gasteiger charge is -2.16. The molecule has 11 nitrogen and oxygen atoms in total. The number of methoxy groups -OCH3 is 1. The lowest BCUT2D eigenvalue weighted by atomic mass is 10.2. The molecule has 2 N–H and O–H groups in total. The van der Waals surface area contributed by atoms with Crippen LogP contribution < -0.4 is 19.5 Å². The molecule has 0 aliphatic heterocycles. The molecule has 0 bridgehead atoms. The average Bonchev–Trinajstić information content (AvgIpc) is 2.66. The molecule has 0 fully saturated rings. The van der Waals surface area contributed by atoms with E-state index in [1.54, 1.807) is 0 Å². The number of nitrogens with one attached hydrogen (secondary N) is 2. The van der Waals surface area contributed by atoms with Crippen molar-refractivity contribution in [3.05, 3.63) is 36.2 Å². The molecule has 0 radical (unpaired) electrons. The van der Waals surface area contributed by atoms with E-state index in [1.807, 2.05) is 5.32 Å². The summed E-state index contributed by atoms with van der Waals surface area (Å²) in [4.78, 5) is 30.0. The number of nitrogens with zero attached hydrogens (tertiary/aromatic N) is 2. The number of sulfonamides is 1. The van der Waals surface area contributed by atoms with E-state index in [0.29, 0.717) is 12.1 Å². The van der Waals surface area contributed by atoms with Gasteiger partial charge in [0, 0.05) is 24.5 Å². The summed E-state index contributed by atoms with van der Waals surface area (Å²) in [5, 5.41) is 1.95. The first kappa shape index (κ1) is 23.6. The van der Waals surface area contributed by atoms with Crippen LogP contribution in [-0.2, 0) is 14.8 Å². The van der Waals surface area contributed by atoms with Crippen LogP contribution in [0.25, 0.3) is 0 Å². The van der Waals surface area contributed by atoms with E-state index in [4.69, 9.17) is 0 Å². The van der Waals surface area contributed by atoms with Crippen LogP contribution in [0.2, 0.25) is 0 Å². The van der Waals surface area contributed by atoms with Crippen molar-refractivity contribution in [3.8, 4) is 11.5 Å². The predicted octanol–water partition coefficient (Wildman–Crippen LogP) is 1.98. The standard InChI is InChI=1S/C15H12F4N4O7S/c1-28-11(24)10-8(30-13(18)19)5-7(29-12(16)17)6-9(10)31(26,27)23-15(25)22-14-20-3-2-4-21-14/h2-6,12-13H,1H3,(H2,20,21,22,23,25). The van der Waals surface area contributed by atoms with Crippen molar-refractivity contribution >= 4 is 28.0 Å². The molecule has 168 valence electrons. The molecular weight excluding hydrogens is 456 g/mol. The van der Waals surface area contributed by atoms with Crippen LogP contribution in [0, 0.1) is 0 Å². The second kappa shape index (κ2) is 9.88. The zero-order chi connectivity index (χ0) is 23.2. The first-order valence-electron chi connectivity index (χ1n) is 7.80. The van der Waals surface area contributed by atoms with Crippen LogP contribution in [0.5, 0.6) is 11.5 Å². The average molecular weight is 468 g/mol. The Bertz CT molecular complexity index is 1050. The Balaban J connectivity index is 2.53. The molecule has 2 amide bonds. The Morgan fingerprint density at radius 3 is 2.19 bits per heavy atom. The third-order valence-corrected chi connectivity index (χ3v) is 4.53. The first-order chi connectivity index (χ1) is 14.5. The van der Waals surface area contributed by atoms with Crippen molar-refractivity contribution in [3.63, 3.8) is 0 Å². The number of anilines is 1. The molecule has 1 aromatic heterocycles.